The van der Waals surface area contributed by atoms with Crippen LogP contribution in [0.4, 0.5) is 25.0 Å². The Morgan fingerprint density at radius 2 is 1.64 bits per heavy atom. The van der Waals surface area contributed by atoms with E-state index in [0.29, 0.717) is 36.2 Å². The van der Waals surface area contributed by atoms with Gasteiger partial charge in [-0.2, -0.15) is 0 Å². The summed E-state index contributed by atoms with van der Waals surface area (Å²) in [5.74, 6) is -1.61. The van der Waals surface area contributed by atoms with Crippen LogP contribution in [0, 0.1) is 11.6 Å². The molecular weight excluding hydrogens is 371 g/mol. The molecule has 0 atom stereocenters. The Kier molecular flexibility index (Phi) is 5.30. The summed E-state index contributed by atoms with van der Waals surface area (Å²) >= 11 is 12.1. The average molecular weight is 386 g/mol. The Morgan fingerprint density at radius 3 is 2.24 bits per heavy atom. The zero-order valence-corrected chi connectivity index (χ0v) is 14.6. The van der Waals surface area contributed by atoms with Crippen molar-refractivity contribution < 1.29 is 13.6 Å². The zero-order chi connectivity index (χ0) is 18.0. The number of urea groups is 1. The molecule has 0 spiro atoms. The van der Waals surface area contributed by atoms with E-state index in [9.17, 15) is 13.6 Å². The van der Waals surface area contributed by atoms with Crippen LogP contribution in [0.3, 0.4) is 0 Å². The number of hydrogen-bond donors (Lipinski definition) is 1. The van der Waals surface area contributed by atoms with Crippen LogP contribution in [0.15, 0.2) is 36.4 Å². The van der Waals surface area contributed by atoms with E-state index in [4.69, 9.17) is 23.2 Å². The molecule has 132 valence electrons. The van der Waals surface area contributed by atoms with Crippen LogP contribution < -0.4 is 10.2 Å². The topological polar surface area (TPSA) is 35.6 Å². The van der Waals surface area contributed by atoms with E-state index in [2.05, 4.69) is 5.32 Å². The van der Waals surface area contributed by atoms with Gasteiger partial charge in [-0.1, -0.05) is 29.3 Å². The van der Waals surface area contributed by atoms with Crippen LogP contribution in [0.1, 0.15) is 0 Å². The van der Waals surface area contributed by atoms with Crippen LogP contribution >= 0.6 is 23.2 Å². The number of hydrogen-bond acceptors (Lipinski definition) is 2. The van der Waals surface area contributed by atoms with Crippen molar-refractivity contribution in [1.82, 2.24) is 4.90 Å². The molecule has 1 heterocycles. The third-order valence-corrected chi connectivity index (χ3v) is 4.55. The van der Waals surface area contributed by atoms with Gasteiger partial charge in [-0.15, -0.1) is 0 Å². The lowest BCUT2D eigenvalue weighted by molar-refractivity contribution is 0.208. The number of anilines is 2. The Labute approximate surface area is 153 Å². The molecule has 1 N–H and O–H groups in total. The third kappa shape index (κ3) is 3.96. The second kappa shape index (κ2) is 7.45. The van der Waals surface area contributed by atoms with Crippen molar-refractivity contribution in [2.45, 2.75) is 0 Å². The van der Waals surface area contributed by atoms with Crippen LogP contribution in [-0.4, -0.2) is 37.1 Å². The highest BCUT2D eigenvalue weighted by molar-refractivity contribution is 6.36. The highest BCUT2D eigenvalue weighted by Crippen LogP contribution is 2.29. The smallest absolute Gasteiger partial charge is 0.322 e. The van der Waals surface area contributed by atoms with Gasteiger partial charge >= 0.3 is 6.03 Å². The van der Waals surface area contributed by atoms with Crippen LogP contribution in [0.25, 0.3) is 0 Å². The van der Waals surface area contributed by atoms with Crippen LogP contribution in [0.2, 0.25) is 10.0 Å². The van der Waals surface area contributed by atoms with E-state index in [1.54, 1.807) is 12.1 Å². The van der Waals surface area contributed by atoms with Gasteiger partial charge in [-0.25, -0.2) is 13.6 Å². The van der Waals surface area contributed by atoms with Gasteiger partial charge < -0.3 is 15.1 Å². The fourth-order valence-corrected chi connectivity index (χ4v) is 3.22. The fraction of sp³-hybridized carbons (Fsp3) is 0.235. The lowest BCUT2D eigenvalue weighted by atomic mass is 10.2. The van der Waals surface area contributed by atoms with E-state index < -0.39 is 23.4 Å². The molecule has 1 saturated heterocycles. The molecule has 2 aromatic rings. The monoisotopic (exact) mass is 385 g/mol. The largest absolute Gasteiger partial charge is 0.367 e. The molecule has 2 aromatic carbocycles. The number of carbonyl (C=O) groups is 1. The summed E-state index contributed by atoms with van der Waals surface area (Å²) in [4.78, 5) is 15.8. The minimum atomic E-state index is -0.806. The van der Waals surface area contributed by atoms with E-state index >= 15 is 0 Å². The van der Waals surface area contributed by atoms with E-state index in [0.717, 1.165) is 17.8 Å². The van der Waals surface area contributed by atoms with Crippen LogP contribution in [-0.2, 0) is 0 Å². The predicted molar refractivity (Wildman–Crippen MR) is 95.6 cm³/mol. The molecule has 1 fully saturated rings. The van der Waals surface area contributed by atoms with Gasteiger partial charge in [0.25, 0.3) is 0 Å². The first-order valence-corrected chi connectivity index (χ1v) is 8.41. The van der Waals surface area contributed by atoms with Gasteiger partial charge in [-0.05, 0) is 30.3 Å². The molecule has 0 aliphatic carbocycles. The lowest BCUT2D eigenvalue weighted by Crippen LogP contribution is -2.50. The summed E-state index contributed by atoms with van der Waals surface area (Å²) in [6, 6.07) is 8.15. The second-order valence-corrected chi connectivity index (χ2v) is 6.44. The molecule has 3 rings (SSSR count). The summed E-state index contributed by atoms with van der Waals surface area (Å²) in [5.41, 5.74) is 0.405. The summed E-state index contributed by atoms with van der Waals surface area (Å²) in [7, 11) is 0. The Bertz CT molecular complexity index is 775. The highest BCUT2D eigenvalue weighted by Gasteiger charge is 2.24. The highest BCUT2D eigenvalue weighted by atomic mass is 35.5. The quantitative estimate of drug-likeness (QED) is 0.817. The summed E-state index contributed by atoms with van der Waals surface area (Å²) < 4.78 is 27.3. The van der Waals surface area contributed by atoms with Gasteiger partial charge in [0.1, 0.15) is 17.3 Å². The van der Waals surface area contributed by atoms with E-state index in [1.165, 1.54) is 11.0 Å². The van der Waals surface area contributed by atoms with Crippen molar-refractivity contribution in [3.8, 4) is 0 Å². The number of rotatable bonds is 2. The fourth-order valence-electron chi connectivity index (χ4n) is 2.69. The number of carbonyl (C=O) groups excluding carboxylic acids is 1. The maximum atomic E-state index is 13.6. The normalized spacial score (nSPS) is 14.6. The van der Waals surface area contributed by atoms with Crippen molar-refractivity contribution in [1.29, 1.82) is 0 Å². The van der Waals surface area contributed by atoms with Gasteiger partial charge in [0, 0.05) is 31.2 Å². The molecule has 8 heteroatoms. The average Bonchev–Trinajstić information content (AvgIpc) is 2.58. The van der Waals surface area contributed by atoms with Crippen molar-refractivity contribution in [2.75, 3.05) is 36.4 Å². The first kappa shape index (κ1) is 17.8. The van der Waals surface area contributed by atoms with Crippen LogP contribution in [0.5, 0.6) is 0 Å². The Hall–Kier alpha value is -2.05. The molecule has 0 radical (unpaired) electrons. The van der Waals surface area contributed by atoms with Crippen molar-refractivity contribution in [3.05, 3.63) is 58.1 Å². The molecule has 2 amide bonds. The SMILES string of the molecule is O=C(Nc1c(F)cccc1F)N1CCN(c2ccc(Cl)cc2Cl)CC1. The van der Waals surface area contributed by atoms with E-state index in [1.807, 2.05) is 11.0 Å². The maximum absolute atomic E-state index is 13.6. The first-order valence-electron chi connectivity index (χ1n) is 7.65. The van der Waals surface area contributed by atoms with Crippen molar-refractivity contribution in [2.24, 2.45) is 0 Å². The number of benzene rings is 2. The minimum absolute atomic E-state index is 0.404. The minimum Gasteiger partial charge on any atom is -0.367 e. The molecular formula is C17H15Cl2F2N3O. The molecule has 1 aliphatic rings. The van der Waals surface area contributed by atoms with Gasteiger partial charge in [-0.3, -0.25) is 0 Å². The van der Waals surface area contributed by atoms with Crippen molar-refractivity contribution >= 4 is 40.6 Å². The zero-order valence-electron chi connectivity index (χ0n) is 13.1. The first-order chi connectivity index (χ1) is 12.0. The van der Waals surface area contributed by atoms with Crippen molar-refractivity contribution in [3.63, 3.8) is 0 Å². The summed E-state index contributed by atoms with van der Waals surface area (Å²) in [6.07, 6.45) is 0. The standard InChI is InChI=1S/C17H15Cl2F2N3O/c18-11-4-5-15(12(19)10-11)23-6-8-24(9-7-23)17(25)22-16-13(20)2-1-3-14(16)21/h1-5,10H,6-9H2,(H,22,25). The molecule has 0 saturated carbocycles. The van der Waals surface area contributed by atoms with Gasteiger partial charge in [0.15, 0.2) is 0 Å². The summed E-state index contributed by atoms with van der Waals surface area (Å²) in [6.45, 7) is 1.91. The molecule has 0 bridgehead atoms. The second-order valence-electron chi connectivity index (χ2n) is 5.60. The predicted octanol–water partition coefficient (Wildman–Crippen LogP) is 4.63. The number of halogens is 4. The molecule has 1 aliphatic heterocycles. The number of amides is 2. The number of nitrogens with one attached hydrogen (secondary N) is 1. The molecule has 0 unspecified atom stereocenters. The molecule has 4 nitrogen and oxygen atoms in total. The maximum Gasteiger partial charge on any atom is 0.322 e. The molecule has 0 aromatic heterocycles. The van der Waals surface area contributed by atoms with Gasteiger partial charge in [0.05, 0.1) is 10.7 Å². The van der Waals surface area contributed by atoms with Gasteiger partial charge in [0.2, 0.25) is 0 Å². The lowest BCUT2D eigenvalue weighted by Gasteiger charge is -2.36. The number of para-hydroxylation sites is 1. The summed E-state index contributed by atoms with van der Waals surface area (Å²) in [5, 5.41) is 3.39. The third-order valence-electron chi connectivity index (χ3n) is 4.01. The number of nitrogens with zero attached hydrogens (tertiary/aromatic N) is 2. The molecule has 25 heavy (non-hydrogen) atoms. The number of piperazine rings is 1. The Balaban J connectivity index is 1.63. The van der Waals surface area contributed by atoms with E-state index in [-0.39, 0.29) is 0 Å². The Morgan fingerprint density at radius 1 is 1.00 bits per heavy atom.